The largest absolute Gasteiger partial charge is 0.341 e. The number of anilines is 1. The fourth-order valence-electron chi connectivity index (χ4n) is 4.23. The molecule has 4 rings (SSSR count). The molecule has 0 N–H and O–H groups in total. The molecule has 7 nitrogen and oxygen atoms in total. The van der Waals surface area contributed by atoms with Crippen LogP contribution in [0.4, 0.5) is 5.69 Å². The molecule has 2 aromatic rings. The van der Waals surface area contributed by atoms with Gasteiger partial charge >= 0.3 is 0 Å². The van der Waals surface area contributed by atoms with Gasteiger partial charge in [-0.2, -0.15) is 0 Å². The Hall–Kier alpha value is -2.67. The van der Waals surface area contributed by atoms with E-state index in [-0.39, 0.29) is 24.7 Å². The van der Waals surface area contributed by atoms with E-state index in [0.717, 1.165) is 57.1 Å². The molecule has 2 aliphatic rings. The van der Waals surface area contributed by atoms with Crippen molar-refractivity contribution in [1.82, 2.24) is 19.4 Å². The number of amides is 2. The van der Waals surface area contributed by atoms with Crippen LogP contribution in [0.3, 0.4) is 0 Å². The molecular formula is C22H29N5O2. The Morgan fingerprint density at radius 2 is 1.83 bits per heavy atom. The molecule has 1 fully saturated rings. The zero-order valence-corrected chi connectivity index (χ0v) is 17.1. The molecule has 0 radical (unpaired) electrons. The first-order valence-electron chi connectivity index (χ1n) is 10.5. The number of fused-ring (bicyclic) bond motifs is 1. The van der Waals surface area contributed by atoms with E-state index in [1.54, 1.807) is 0 Å². The molecule has 7 heteroatoms. The minimum Gasteiger partial charge on any atom is -0.341 e. The Bertz CT molecular complexity index is 878. The van der Waals surface area contributed by atoms with E-state index in [4.69, 9.17) is 0 Å². The van der Waals surface area contributed by atoms with Crippen LogP contribution in [-0.4, -0.2) is 63.9 Å². The first kappa shape index (κ1) is 19.6. The number of aromatic nitrogens is 2. The predicted octanol–water partition coefficient (Wildman–Crippen LogP) is 1.82. The van der Waals surface area contributed by atoms with Crippen LogP contribution in [0.2, 0.25) is 0 Å². The topological polar surface area (TPSA) is 61.7 Å². The van der Waals surface area contributed by atoms with E-state index >= 15 is 0 Å². The number of hydrogen-bond donors (Lipinski definition) is 0. The highest BCUT2D eigenvalue weighted by atomic mass is 16.2. The van der Waals surface area contributed by atoms with E-state index in [9.17, 15) is 9.59 Å². The van der Waals surface area contributed by atoms with Crippen molar-refractivity contribution in [3.63, 3.8) is 0 Å². The van der Waals surface area contributed by atoms with Crippen molar-refractivity contribution in [3.8, 4) is 0 Å². The summed E-state index contributed by atoms with van der Waals surface area (Å²) in [6.45, 7) is 4.80. The van der Waals surface area contributed by atoms with Crippen LogP contribution in [0.5, 0.6) is 0 Å². The average molecular weight is 396 g/mol. The van der Waals surface area contributed by atoms with Crippen LogP contribution in [0, 0.1) is 0 Å². The van der Waals surface area contributed by atoms with Crippen molar-refractivity contribution in [1.29, 1.82) is 0 Å². The third-order valence-corrected chi connectivity index (χ3v) is 5.97. The molecule has 0 atom stereocenters. The second-order valence-corrected chi connectivity index (χ2v) is 7.89. The highest BCUT2D eigenvalue weighted by Gasteiger charge is 2.26. The Balaban J connectivity index is 1.26. The van der Waals surface area contributed by atoms with Crippen LogP contribution in [-0.2, 0) is 29.6 Å². The Morgan fingerprint density at radius 1 is 1.00 bits per heavy atom. The maximum absolute atomic E-state index is 12.7. The zero-order valence-electron chi connectivity index (χ0n) is 17.1. The number of rotatable bonds is 5. The summed E-state index contributed by atoms with van der Waals surface area (Å²) in [7, 11) is 2.01. The van der Waals surface area contributed by atoms with E-state index in [2.05, 4.69) is 16.0 Å². The molecule has 2 aliphatic heterocycles. The molecule has 0 aliphatic carbocycles. The van der Waals surface area contributed by atoms with Gasteiger partial charge in [0.05, 0.1) is 6.54 Å². The number of para-hydroxylation sites is 1. The fourth-order valence-corrected chi connectivity index (χ4v) is 4.23. The van der Waals surface area contributed by atoms with Crippen LogP contribution in [0.25, 0.3) is 0 Å². The normalized spacial score (nSPS) is 17.3. The van der Waals surface area contributed by atoms with Crippen molar-refractivity contribution < 1.29 is 9.59 Å². The van der Waals surface area contributed by atoms with Gasteiger partial charge in [0.1, 0.15) is 5.82 Å². The molecule has 0 bridgehead atoms. The summed E-state index contributed by atoms with van der Waals surface area (Å²) in [6, 6.07) is 8.03. The number of imidazole rings is 1. The maximum Gasteiger partial charge on any atom is 0.227 e. The van der Waals surface area contributed by atoms with Gasteiger partial charge in [-0.25, -0.2) is 4.98 Å². The lowest BCUT2D eigenvalue weighted by molar-refractivity contribution is -0.133. The van der Waals surface area contributed by atoms with Gasteiger partial charge in [0.15, 0.2) is 0 Å². The van der Waals surface area contributed by atoms with E-state index in [1.165, 1.54) is 5.56 Å². The van der Waals surface area contributed by atoms with Crippen LogP contribution in [0.1, 0.15) is 30.7 Å². The maximum atomic E-state index is 12.7. The van der Waals surface area contributed by atoms with Gasteiger partial charge in [-0.1, -0.05) is 18.2 Å². The Kier molecular flexibility index (Phi) is 5.94. The van der Waals surface area contributed by atoms with E-state index in [1.807, 2.05) is 52.0 Å². The molecule has 2 amide bonds. The second kappa shape index (κ2) is 8.78. The van der Waals surface area contributed by atoms with Gasteiger partial charge in [0, 0.05) is 70.7 Å². The van der Waals surface area contributed by atoms with Crippen LogP contribution in [0.15, 0.2) is 36.7 Å². The standard InChI is InChI=1S/C22H29N5O2/c1-24-14-10-23-20(24)17-25-11-4-12-26(16-15-25)21(28)7-8-22(29)27-13-9-18-5-2-3-6-19(18)27/h2-3,5-6,10,14H,4,7-9,11-13,15-17H2,1H3. The molecule has 154 valence electrons. The number of aryl methyl sites for hydroxylation is 1. The number of nitrogens with zero attached hydrogens (tertiary/aromatic N) is 5. The molecule has 0 unspecified atom stereocenters. The van der Waals surface area contributed by atoms with Gasteiger partial charge in [0.2, 0.25) is 11.8 Å². The number of hydrogen-bond acceptors (Lipinski definition) is 4. The summed E-state index contributed by atoms with van der Waals surface area (Å²) in [6.07, 6.45) is 6.19. The number of carbonyl (C=O) groups is 2. The third-order valence-electron chi connectivity index (χ3n) is 5.97. The Labute approximate surface area is 171 Å². The van der Waals surface area contributed by atoms with Gasteiger partial charge in [0.25, 0.3) is 0 Å². The van der Waals surface area contributed by atoms with Gasteiger partial charge < -0.3 is 14.4 Å². The lowest BCUT2D eigenvalue weighted by Gasteiger charge is -2.22. The molecule has 1 saturated heterocycles. The third kappa shape index (κ3) is 4.50. The SMILES string of the molecule is Cn1ccnc1CN1CCCN(C(=O)CCC(=O)N2CCc3ccccc32)CC1. The van der Waals surface area contributed by atoms with Crippen molar-refractivity contribution in [2.24, 2.45) is 7.05 Å². The summed E-state index contributed by atoms with van der Waals surface area (Å²) in [5, 5.41) is 0. The van der Waals surface area contributed by atoms with Crippen molar-refractivity contribution in [3.05, 3.63) is 48.0 Å². The molecular weight excluding hydrogens is 366 g/mol. The van der Waals surface area contributed by atoms with E-state index < -0.39 is 0 Å². The summed E-state index contributed by atoms with van der Waals surface area (Å²) in [4.78, 5) is 35.9. The molecule has 0 saturated carbocycles. The highest BCUT2D eigenvalue weighted by molar-refractivity contribution is 5.97. The minimum atomic E-state index is 0.0505. The predicted molar refractivity (Wildman–Crippen MR) is 111 cm³/mol. The lowest BCUT2D eigenvalue weighted by Crippen LogP contribution is -2.36. The fraction of sp³-hybridized carbons (Fsp3) is 0.500. The van der Waals surface area contributed by atoms with Gasteiger partial charge in [-0.3, -0.25) is 14.5 Å². The first-order valence-corrected chi connectivity index (χ1v) is 10.5. The zero-order chi connectivity index (χ0) is 20.2. The Morgan fingerprint density at radius 3 is 2.66 bits per heavy atom. The monoisotopic (exact) mass is 395 g/mol. The molecule has 1 aromatic carbocycles. The van der Waals surface area contributed by atoms with Crippen LogP contribution >= 0.6 is 0 Å². The van der Waals surface area contributed by atoms with Crippen molar-refractivity contribution in [2.75, 3.05) is 37.6 Å². The first-order chi connectivity index (χ1) is 14.1. The van der Waals surface area contributed by atoms with Crippen LogP contribution < -0.4 is 4.90 Å². The molecule has 3 heterocycles. The average Bonchev–Trinajstić information content (AvgIpc) is 3.26. The number of carbonyl (C=O) groups excluding carboxylic acids is 2. The van der Waals surface area contributed by atoms with Gasteiger partial charge in [-0.05, 0) is 24.5 Å². The lowest BCUT2D eigenvalue weighted by atomic mass is 10.2. The second-order valence-electron chi connectivity index (χ2n) is 7.89. The summed E-state index contributed by atoms with van der Waals surface area (Å²) >= 11 is 0. The van der Waals surface area contributed by atoms with Gasteiger partial charge in [-0.15, -0.1) is 0 Å². The minimum absolute atomic E-state index is 0.0505. The summed E-state index contributed by atoms with van der Waals surface area (Å²) in [5.41, 5.74) is 2.22. The number of benzene rings is 1. The summed E-state index contributed by atoms with van der Waals surface area (Å²) in [5.74, 6) is 1.18. The molecule has 29 heavy (non-hydrogen) atoms. The van der Waals surface area contributed by atoms with E-state index in [0.29, 0.717) is 6.54 Å². The van der Waals surface area contributed by atoms with Crippen molar-refractivity contribution >= 4 is 17.5 Å². The quantitative estimate of drug-likeness (QED) is 0.775. The smallest absolute Gasteiger partial charge is 0.227 e. The summed E-state index contributed by atoms with van der Waals surface area (Å²) < 4.78 is 2.04. The highest BCUT2D eigenvalue weighted by Crippen LogP contribution is 2.28. The molecule has 1 aromatic heterocycles. The molecule has 0 spiro atoms. The van der Waals surface area contributed by atoms with Crippen molar-refractivity contribution in [2.45, 2.75) is 32.2 Å².